The fraction of sp³-hybridized carbons (Fsp3) is 0.111. The van der Waals surface area contributed by atoms with Gasteiger partial charge in [0, 0.05) is 15.1 Å². The average Bonchev–Trinajstić information content (AvgIpc) is 2.66. The first-order valence-corrected chi connectivity index (χ1v) is 7.28. The molecule has 0 aliphatic carbocycles. The molecule has 0 unspecified atom stereocenters. The third-order valence-electron chi connectivity index (χ3n) is 1.77. The minimum atomic E-state index is 0.470. The summed E-state index contributed by atoms with van der Waals surface area (Å²) in [6.07, 6.45) is 0. The zero-order chi connectivity index (χ0) is 11.5. The highest BCUT2D eigenvalue weighted by Gasteiger charge is 2.05. The summed E-state index contributed by atoms with van der Waals surface area (Å²) in [5.41, 5.74) is 6.63. The van der Waals surface area contributed by atoms with Crippen molar-refractivity contribution in [3.63, 3.8) is 0 Å². The Bertz CT molecular complexity index is 503. The van der Waals surface area contributed by atoms with Gasteiger partial charge < -0.3 is 5.73 Å². The van der Waals surface area contributed by atoms with Crippen molar-refractivity contribution in [1.29, 1.82) is 0 Å². The van der Waals surface area contributed by atoms with Crippen LogP contribution >= 0.6 is 50.6 Å². The van der Waals surface area contributed by atoms with E-state index in [1.165, 1.54) is 11.3 Å². The summed E-state index contributed by atoms with van der Waals surface area (Å²) in [4.78, 5) is 1.03. The molecular formula is C9H7BrClN3S2. The van der Waals surface area contributed by atoms with Crippen LogP contribution in [0.25, 0.3) is 0 Å². The number of rotatable bonds is 3. The molecule has 1 aromatic heterocycles. The van der Waals surface area contributed by atoms with Crippen molar-refractivity contribution < 1.29 is 0 Å². The fourth-order valence-electron chi connectivity index (χ4n) is 1.06. The molecule has 3 nitrogen and oxygen atoms in total. The zero-order valence-corrected chi connectivity index (χ0v) is 12.0. The van der Waals surface area contributed by atoms with Gasteiger partial charge in [-0.1, -0.05) is 27.3 Å². The Morgan fingerprint density at radius 2 is 2.25 bits per heavy atom. The second-order valence-corrected chi connectivity index (χ2v) is 6.50. The van der Waals surface area contributed by atoms with Crippen LogP contribution in [0.4, 0.5) is 5.69 Å². The van der Waals surface area contributed by atoms with Crippen LogP contribution in [-0.2, 0) is 5.75 Å². The molecule has 0 spiro atoms. The Hall–Kier alpha value is -0.300. The molecule has 2 aromatic rings. The smallest absolute Gasteiger partial charge is 0.207 e. The van der Waals surface area contributed by atoms with E-state index in [2.05, 4.69) is 26.1 Å². The number of thioether (sulfide) groups is 1. The van der Waals surface area contributed by atoms with Crippen LogP contribution in [0.5, 0.6) is 0 Å². The molecule has 2 rings (SSSR count). The van der Waals surface area contributed by atoms with Crippen LogP contribution < -0.4 is 5.73 Å². The summed E-state index contributed by atoms with van der Waals surface area (Å²) in [6, 6.07) is 5.78. The quantitative estimate of drug-likeness (QED) is 0.683. The number of benzene rings is 1. The second-order valence-electron chi connectivity index (χ2n) is 2.92. The molecule has 0 aliphatic heterocycles. The van der Waals surface area contributed by atoms with Crippen molar-refractivity contribution in [2.45, 2.75) is 10.6 Å². The number of halogens is 2. The number of hydrogen-bond donors (Lipinski definition) is 1. The first kappa shape index (κ1) is 12.2. The van der Waals surface area contributed by atoms with Gasteiger partial charge in [-0.3, -0.25) is 0 Å². The van der Waals surface area contributed by atoms with E-state index >= 15 is 0 Å². The van der Waals surface area contributed by atoms with E-state index in [1.54, 1.807) is 11.8 Å². The van der Waals surface area contributed by atoms with Crippen molar-refractivity contribution >= 4 is 56.3 Å². The van der Waals surface area contributed by atoms with Crippen molar-refractivity contribution in [2.24, 2.45) is 0 Å². The molecule has 0 atom stereocenters. The van der Waals surface area contributed by atoms with E-state index in [4.69, 9.17) is 17.3 Å². The number of anilines is 1. The van der Waals surface area contributed by atoms with E-state index in [1.807, 2.05) is 18.2 Å². The molecule has 84 valence electrons. The van der Waals surface area contributed by atoms with Gasteiger partial charge in [-0.2, -0.15) is 0 Å². The number of hydrogen-bond acceptors (Lipinski definition) is 5. The predicted molar refractivity (Wildman–Crippen MR) is 73.0 cm³/mol. The van der Waals surface area contributed by atoms with E-state index in [0.29, 0.717) is 4.47 Å². The van der Waals surface area contributed by atoms with Crippen molar-refractivity contribution in [1.82, 2.24) is 10.2 Å². The van der Waals surface area contributed by atoms with E-state index < -0.39 is 0 Å². The molecule has 0 bridgehead atoms. The van der Waals surface area contributed by atoms with Crippen LogP contribution in [0, 0.1) is 0 Å². The molecule has 1 heterocycles. The average molecular weight is 337 g/mol. The highest BCUT2D eigenvalue weighted by atomic mass is 79.9. The summed E-state index contributed by atoms with van der Waals surface area (Å²) in [6.45, 7) is 0. The molecule has 0 saturated carbocycles. The van der Waals surface area contributed by atoms with Crippen LogP contribution in [0.1, 0.15) is 5.01 Å². The molecule has 0 radical (unpaired) electrons. The van der Waals surface area contributed by atoms with E-state index in [-0.39, 0.29) is 0 Å². The standard InChI is InChI=1S/C9H7BrClN3S2/c10-5-1-2-6(12)7(3-5)15-4-8-13-14-9(11)16-8/h1-3H,4,12H2. The van der Waals surface area contributed by atoms with Crippen LogP contribution in [-0.4, -0.2) is 10.2 Å². The second kappa shape index (κ2) is 5.35. The minimum Gasteiger partial charge on any atom is -0.398 e. The Morgan fingerprint density at radius 1 is 1.44 bits per heavy atom. The third kappa shape index (κ3) is 3.10. The van der Waals surface area contributed by atoms with Crippen LogP contribution in [0.2, 0.25) is 4.47 Å². The molecule has 0 amide bonds. The van der Waals surface area contributed by atoms with Gasteiger partial charge in [0.2, 0.25) is 4.47 Å². The Morgan fingerprint density at radius 3 is 2.94 bits per heavy atom. The van der Waals surface area contributed by atoms with Gasteiger partial charge in [0.25, 0.3) is 0 Å². The Labute approximate surface area is 115 Å². The molecule has 2 N–H and O–H groups in total. The third-order valence-corrected chi connectivity index (χ3v) is 4.55. The van der Waals surface area contributed by atoms with E-state index in [0.717, 1.165) is 25.8 Å². The van der Waals surface area contributed by atoms with Crippen LogP contribution in [0.15, 0.2) is 27.6 Å². The van der Waals surface area contributed by atoms with Crippen molar-refractivity contribution in [3.8, 4) is 0 Å². The Balaban J connectivity index is 2.07. The monoisotopic (exact) mass is 335 g/mol. The highest BCUT2D eigenvalue weighted by molar-refractivity contribution is 9.10. The first-order chi connectivity index (χ1) is 7.65. The van der Waals surface area contributed by atoms with Gasteiger partial charge in [0.1, 0.15) is 5.01 Å². The fourth-order valence-corrected chi connectivity index (χ4v) is 3.43. The van der Waals surface area contributed by atoms with Crippen molar-refractivity contribution in [3.05, 3.63) is 32.1 Å². The van der Waals surface area contributed by atoms with Crippen molar-refractivity contribution in [2.75, 3.05) is 5.73 Å². The maximum absolute atomic E-state index is 5.86. The molecule has 16 heavy (non-hydrogen) atoms. The number of aromatic nitrogens is 2. The summed E-state index contributed by atoms with van der Waals surface area (Å²) in [5.74, 6) is 0.727. The molecule has 0 saturated heterocycles. The number of nitrogens with zero attached hydrogens (tertiary/aromatic N) is 2. The molecule has 1 aromatic carbocycles. The number of nitrogen functional groups attached to an aromatic ring is 1. The lowest BCUT2D eigenvalue weighted by Gasteiger charge is -2.03. The van der Waals surface area contributed by atoms with E-state index in [9.17, 15) is 0 Å². The van der Waals surface area contributed by atoms with Gasteiger partial charge >= 0.3 is 0 Å². The summed E-state index contributed by atoms with van der Waals surface area (Å²) < 4.78 is 1.48. The highest BCUT2D eigenvalue weighted by Crippen LogP contribution is 2.31. The van der Waals surface area contributed by atoms with Gasteiger partial charge in [-0.25, -0.2) is 0 Å². The molecule has 7 heteroatoms. The van der Waals surface area contributed by atoms with Gasteiger partial charge in [-0.15, -0.1) is 22.0 Å². The van der Waals surface area contributed by atoms with Gasteiger partial charge in [0.05, 0.1) is 5.75 Å². The SMILES string of the molecule is Nc1ccc(Br)cc1SCc1nnc(Cl)s1. The molecular weight excluding hydrogens is 330 g/mol. The predicted octanol–water partition coefficient (Wildman–Crippen LogP) is 3.83. The lowest BCUT2D eigenvalue weighted by atomic mass is 10.3. The normalized spacial score (nSPS) is 10.6. The lowest BCUT2D eigenvalue weighted by Crippen LogP contribution is -1.88. The lowest BCUT2D eigenvalue weighted by molar-refractivity contribution is 1.04. The van der Waals surface area contributed by atoms with Crippen LogP contribution in [0.3, 0.4) is 0 Å². The topological polar surface area (TPSA) is 51.8 Å². The van der Waals surface area contributed by atoms with Gasteiger partial charge in [0.15, 0.2) is 0 Å². The summed E-state index contributed by atoms with van der Waals surface area (Å²) in [5, 5.41) is 8.59. The maximum Gasteiger partial charge on any atom is 0.207 e. The zero-order valence-electron chi connectivity index (χ0n) is 7.98. The largest absolute Gasteiger partial charge is 0.398 e. The molecule has 0 fully saturated rings. The summed E-state index contributed by atoms with van der Waals surface area (Å²) in [7, 11) is 0. The van der Waals surface area contributed by atoms with Gasteiger partial charge in [-0.05, 0) is 29.8 Å². The Kier molecular flexibility index (Phi) is 4.07. The minimum absolute atomic E-state index is 0.470. The number of nitrogens with two attached hydrogens (primary N) is 1. The maximum atomic E-state index is 5.86. The molecule has 0 aliphatic rings. The first-order valence-electron chi connectivity index (χ1n) is 4.31. The summed E-state index contributed by atoms with van der Waals surface area (Å²) >= 11 is 12.1.